The van der Waals surface area contributed by atoms with E-state index in [0.29, 0.717) is 6.04 Å². The maximum Gasteiger partial charge on any atom is 0.0500 e. The molecule has 3 heteroatoms. The molecular weight excluding hydrogens is 246 g/mol. The molecule has 2 heterocycles. The van der Waals surface area contributed by atoms with Gasteiger partial charge in [0, 0.05) is 24.5 Å². The van der Waals surface area contributed by atoms with Crippen LogP contribution in [0.25, 0.3) is 0 Å². The number of pyridine rings is 1. The Balaban J connectivity index is 1.86. The van der Waals surface area contributed by atoms with Crippen LogP contribution in [0.5, 0.6) is 0 Å². The highest BCUT2D eigenvalue weighted by Gasteiger charge is 2.38. The van der Waals surface area contributed by atoms with Crippen LogP contribution < -0.4 is 5.73 Å². The Morgan fingerprint density at radius 3 is 2.60 bits per heavy atom. The second-order valence-corrected chi connectivity index (χ2v) is 6.58. The first-order chi connectivity index (χ1) is 9.77. The highest BCUT2D eigenvalue weighted by Crippen LogP contribution is 2.40. The number of piperidine rings is 1. The van der Waals surface area contributed by atoms with Gasteiger partial charge in [0.2, 0.25) is 0 Å². The summed E-state index contributed by atoms with van der Waals surface area (Å²) in [5.74, 6) is 0.903. The van der Waals surface area contributed by atoms with Crippen molar-refractivity contribution in [1.82, 2.24) is 9.88 Å². The van der Waals surface area contributed by atoms with E-state index in [4.69, 9.17) is 5.73 Å². The van der Waals surface area contributed by atoms with E-state index in [0.717, 1.165) is 12.0 Å². The first-order valence-electron chi connectivity index (χ1n) is 8.18. The third-order valence-corrected chi connectivity index (χ3v) is 5.19. The zero-order chi connectivity index (χ0) is 13.9. The molecular formula is C17H27N3. The minimum absolute atomic E-state index is 0.165. The fraction of sp³-hybridized carbons (Fsp3) is 0.706. The monoisotopic (exact) mass is 273 g/mol. The SMILES string of the molecule is CC(N)C(c1ccncc1)N1CCCC2CCCCC21. The Kier molecular flexibility index (Phi) is 4.37. The fourth-order valence-corrected chi connectivity index (χ4v) is 4.37. The van der Waals surface area contributed by atoms with Crippen molar-refractivity contribution >= 4 is 0 Å². The van der Waals surface area contributed by atoms with Gasteiger partial charge in [0.1, 0.15) is 0 Å². The average molecular weight is 273 g/mol. The molecule has 0 aromatic carbocycles. The number of hydrogen-bond donors (Lipinski definition) is 1. The lowest BCUT2D eigenvalue weighted by Crippen LogP contribution is -2.52. The largest absolute Gasteiger partial charge is 0.326 e. The summed E-state index contributed by atoms with van der Waals surface area (Å²) < 4.78 is 0. The molecule has 4 unspecified atom stereocenters. The molecule has 2 N–H and O–H groups in total. The van der Waals surface area contributed by atoms with Gasteiger partial charge in [-0.25, -0.2) is 0 Å². The molecule has 1 aliphatic carbocycles. The summed E-state index contributed by atoms with van der Waals surface area (Å²) >= 11 is 0. The summed E-state index contributed by atoms with van der Waals surface area (Å²) in [4.78, 5) is 6.87. The lowest BCUT2D eigenvalue weighted by Gasteiger charge is -2.48. The van der Waals surface area contributed by atoms with Gasteiger partial charge in [-0.2, -0.15) is 0 Å². The second-order valence-electron chi connectivity index (χ2n) is 6.58. The summed E-state index contributed by atoms with van der Waals surface area (Å²) in [7, 11) is 0. The first kappa shape index (κ1) is 14.0. The minimum Gasteiger partial charge on any atom is -0.326 e. The highest BCUT2D eigenvalue weighted by atomic mass is 15.2. The zero-order valence-electron chi connectivity index (χ0n) is 12.5. The molecule has 1 aliphatic heterocycles. The van der Waals surface area contributed by atoms with Crippen LogP contribution in [0.1, 0.15) is 57.1 Å². The van der Waals surface area contributed by atoms with Crippen LogP contribution in [0.2, 0.25) is 0 Å². The summed E-state index contributed by atoms with van der Waals surface area (Å²) in [6.45, 7) is 3.35. The van der Waals surface area contributed by atoms with Crippen molar-refractivity contribution in [2.45, 2.75) is 63.6 Å². The van der Waals surface area contributed by atoms with Gasteiger partial charge in [-0.05, 0) is 62.8 Å². The van der Waals surface area contributed by atoms with Crippen LogP contribution in [-0.4, -0.2) is 28.5 Å². The lowest BCUT2D eigenvalue weighted by molar-refractivity contribution is 0.0178. The maximum atomic E-state index is 6.36. The molecule has 0 bridgehead atoms. The van der Waals surface area contributed by atoms with Gasteiger partial charge in [-0.1, -0.05) is 12.8 Å². The molecule has 0 radical (unpaired) electrons. The van der Waals surface area contributed by atoms with Crippen molar-refractivity contribution in [3.05, 3.63) is 30.1 Å². The van der Waals surface area contributed by atoms with Crippen molar-refractivity contribution in [3.8, 4) is 0 Å². The molecule has 4 atom stereocenters. The standard InChI is InChI=1S/C17H27N3/c1-13(18)17(15-8-10-19-11-9-15)20-12-4-6-14-5-2-3-7-16(14)20/h8-11,13-14,16-17H,2-7,12,18H2,1H3. The first-order valence-corrected chi connectivity index (χ1v) is 8.18. The number of nitrogens with two attached hydrogens (primary N) is 1. The smallest absolute Gasteiger partial charge is 0.0500 e. The number of aromatic nitrogens is 1. The third-order valence-electron chi connectivity index (χ3n) is 5.19. The molecule has 3 nitrogen and oxygen atoms in total. The predicted octanol–water partition coefficient (Wildman–Crippen LogP) is 3.12. The Morgan fingerprint density at radius 2 is 1.85 bits per heavy atom. The van der Waals surface area contributed by atoms with Crippen molar-refractivity contribution in [1.29, 1.82) is 0 Å². The van der Waals surface area contributed by atoms with Crippen LogP contribution in [0.3, 0.4) is 0 Å². The van der Waals surface area contributed by atoms with Gasteiger partial charge < -0.3 is 5.73 Å². The number of rotatable bonds is 3. The molecule has 1 saturated heterocycles. The summed E-state index contributed by atoms with van der Waals surface area (Å²) in [6, 6.07) is 5.55. The van der Waals surface area contributed by atoms with E-state index in [1.165, 1.54) is 50.6 Å². The Morgan fingerprint density at radius 1 is 1.15 bits per heavy atom. The van der Waals surface area contributed by atoms with Crippen molar-refractivity contribution in [3.63, 3.8) is 0 Å². The van der Waals surface area contributed by atoms with Crippen LogP contribution in [0.15, 0.2) is 24.5 Å². The van der Waals surface area contributed by atoms with E-state index in [1.54, 1.807) is 0 Å². The summed E-state index contributed by atoms with van der Waals surface area (Å²) in [5, 5.41) is 0. The van der Waals surface area contributed by atoms with Gasteiger partial charge in [0.15, 0.2) is 0 Å². The number of hydrogen-bond acceptors (Lipinski definition) is 3. The van der Waals surface area contributed by atoms with E-state index in [-0.39, 0.29) is 6.04 Å². The molecule has 0 amide bonds. The van der Waals surface area contributed by atoms with E-state index in [1.807, 2.05) is 12.4 Å². The molecule has 0 spiro atoms. The third kappa shape index (κ3) is 2.75. The average Bonchev–Trinajstić information content (AvgIpc) is 2.48. The van der Waals surface area contributed by atoms with Gasteiger partial charge in [-0.15, -0.1) is 0 Å². The maximum absolute atomic E-state index is 6.36. The molecule has 2 aliphatic rings. The van der Waals surface area contributed by atoms with E-state index >= 15 is 0 Å². The highest BCUT2D eigenvalue weighted by molar-refractivity contribution is 5.18. The number of fused-ring (bicyclic) bond motifs is 1. The zero-order valence-corrected chi connectivity index (χ0v) is 12.5. The van der Waals surface area contributed by atoms with Crippen molar-refractivity contribution < 1.29 is 0 Å². The van der Waals surface area contributed by atoms with Crippen LogP contribution in [0, 0.1) is 5.92 Å². The van der Waals surface area contributed by atoms with Gasteiger partial charge in [0.05, 0.1) is 6.04 Å². The minimum atomic E-state index is 0.165. The van der Waals surface area contributed by atoms with E-state index in [2.05, 4.69) is 28.9 Å². The second kappa shape index (κ2) is 6.23. The van der Waals surface area contributed by atoms with E-state index < -0.39 is 0 Å². The molecule has 3 rings (SSSR count). The van der Waals surface area contributed by atoms with Crippen molar-refractivity contribution in [2.24, 2.45) is 11.7 Å². The molecule has 1 aromatic heterocycles. The van der Waals surface area contributed by atoms with Crippen LogP contribution in [-0.2, 0) is 0 Å². The summed E-state index contributed by atoms with van der Waals surface area (Å²) in [5.41, 5.74) is 7.69. The topological polar surface area (TPSA) is 42.1 Å². The van der Waals surface area contributed by atoms with E-state index in [9.17, 15) is 0 Å². The van der Waals surface area contributed by atoms with Crippen molar-refractivity contribution in [2.75, 3.05) is 6.54 Å². The molecule has 1 aromatic rings. The molecule has 2 fully saturated rings. The van der Waals surface area contributed by atoms with Crippen LogP contribution >= 0.6 is 0 Å². The van der Waals surface area contributed by atoms with Gasteiger partial charge in [0.25, 0.3) is 0 Å². The molecule has 20 heavy (non-hydrogen) atoms. The summed E-state index contributed by atoms with van der Waals surface area (Å²) in [6.07, 6.45) is 12.1. The van der Waals surface area contributed by atoms with Gasteiger partial charge >= 0.3 is 0 Å². The Labute approximate surface area is 122 Å². The molecule has 110 valence electrons. The Hall–Kier alpha value is -0.930. The quantitative estimate of drug-likeness (QED) is 0.920. The molecule has 1 saturated carbocycles. The Bertz CT molecular complexity index is 416. The number of nitrogens with zero attached hydrogens (tertiary/aromatic N) is 2. The normalized spacial score (nSPS) is 30.5. The number of likely N-dealkylation sites (tertiary alicyclic amines) is 1. The van der Waals surface area contributed by atoms with Crippen LogP contribution in [0.4, 0.5) is 0 Å². The fourth-order valence-electron chi connectivity index (χ4n) is 4.37. The predicted molar refractivity (Wildman–Crippen MR) is 82.3 cm³/mol. The van der Waals surface area contributed by atoms with Gasteiger partial charge in [-0.3, -0.25) is 9.88 Å². The lowest BCUT2D eigenvalue weighted by atomic mass is 9.77.